The van der Waals surface area contributed by atoms with Gasteiger partial charge < -0.3 is 5.32 Å². The SMILES string of the molecule is CCC(=Cc1ccc(SC(F)(F)F)cc1)CNC. The van der Waals surface area contributed by atoms with Crippen LogP contribution in [-0.2, 0) is 0 Å². The molecule has 1 aromatic carbocycles. The first-order chi connectivity index (χ1) is 8.44. The van der Waals surface area contributed by atoms with Crippen LogP contribution in [0.15, 0.2) is 34.7 Å². The van der Waals surface area contributed by atoms with Gasteiger partial charge in [0.25, 0.3) is 0 Å². The van der Waals surface area contributed by atoms with Crippen molar-refractivity contribution in [3.05, 3.63) is 35.4 Å². The summed E-state index contributed by atoms with van der Waals surface area (Å²) in [6.45, 7) is 2.84. The average molecular weight is 275 g/mol. The van der Waals surface area contributed by atoms with E-state index in [0.717, 1.165) is 18.5 Å². The number of halogens is 3. The highest BCUT2D eigenvalue weighted by Crippen LogP contribution is 2.36. The van der Waals surface area contributed by atoms with Crippen LogP contribution in [0.1, 0.15) is 18.9 Å². The van der Waals surface area contributed by atoms with E-state index in [9.17, 15) is 13.2 Å². The van der Waals surface area contributed by atoms with Crippen molar-refractivity contribution in [1.29, 1.82) is 0 Å². The lowest BCUT2D eigenvalue weighted by atomic mass is 10.1. The third-order valence-corrected chi connectivity index (χ3v) is 3.08. The zero-order chi connectivity index (χ0) is 13.6. The fourth-order valence-electron chi connectivity index (χ4n) is 1.51. The van der Waals surface area contributed by atoms with Crippen molar-refractivity contribution < 1.29 is 13.2 Å². The standard InChI is InChI=1S/C13H16F3NS/c1-3-10(9-17-2)8-11-4-6-12(7-5-11)18-13(14,15)16/h4-8,17H,3,9H2,1-2H3. The van der Waals surface area contributed by atoms with Gasteiger partial charge in [0, 0.05) is 11.4 Å². The van der Waals surface area contributed by atoms with E-state index >= 15 is 0 Å². The van der Waals surface area contributed by atoms with Gasteiger partial charge in [0.1, 0.15) is 0 Å². The number of nitrogens with one attached hydrogen (secondary N) is 1. The van der Waals surface area contributed by atoms with Crippen LogP contribution in [0.3, 0.4) is 0 Å². The lowest BCUT2D eigenvalue weighted by Crippen LogP contribution is -2.09. The molecule has 0 spiro atoms. The van der Waals surface area contributed by atoms with Gasteiger partial charge in [0.05, 0.1) is 0 Å². The minimum Gasteiger partial charge on any atom is -0.316 e. The Morgan fingerprint density at radius 1 is 1.28 bits per heavy atom. The van der Waals surface area contributed by atoms with Gasteiger partial charge in [-0.05, 0) is 42.9 Å². The molecule has 0 unspecified atom stereocenters. The molecule has 0 radical (unpaired) electrons. The lowest BCUT2D eigenvalue weighted by Gasteiger charge is -2.06. The van der Waals surface area contributed by atoms with Crippen molar-refractivity contribution in [2.75, 3.05) is 13.6 Å². The van der Waals surface area contributed by atoms with E-state index in [4.69, 9.17) is 0 Å². The number of hydrogen-bond acceptors (Lipinski definition) is 2. The summed E-state index contributed by atoms with van der Waals surface area (Å²) in [5.74, 6) is 0. The second-order valence-electron chi connectivity index (χ2n) is 3.80. The molecule has 0 amide bonds. The molecule has 5 heteroatoms. The number of rotatable bonds is 5. The monoisotopic (exact) mass is 275 g/mol. The van der Waals surface area contributed by atoms with Crippen molar-refractivity contribution in [3.8, 4) is 0 Å². The molecular weight excluding hydrogens is 259 g/mol. The molecule has 0 fully saturated rings. The Balaban J connectivity index is 2.76. The maximum atomic E-state index is 12.1. The quantitative estimate of drug-likeness (QED) is 0.804. The molecule has 0 aromatic heterocycles. The predicted molar refractivity (Wildman–Crippen MR) is 70.5 cm³/mol. The topological polar surface area (TPSA) is 12.0 Å². The first-order valence-electron chi connectivity index (χ1n) is 5.64. The molecule has 0 saturated carbocycles. The van der Waals surface area contributed by atoms with E-state index in [1.807, 2.05) is 13.1 Å². The summed E-state index contributed by atoms with van der Waals surface area (Å²) in [6.07, 6.45) is 2.92. The third kappa shape index (κ3) is 5.60. The molecule has 0 aliphatic carbocycles. The van der Waals surface area contributed by atoms with Crippen molar-refractivity contribution in [1.82, 2.24) is 5.32 Å². The van der Waals surface area contributed by atoms with Gasteiger partial charge in [0.15, 0.2) is 0 Å². The summed E-state index contributed by atoms with van der Waals surface area (Å²) in [4.78, 5) is 0.214. The van der Waals surface area contributed by atoms with Crippen LogP contribution < -0.4 is 5.32 Å². The molecule has 0 aliphatic rings. The van der Waals surface area contributed by atoms with E-state index in [-0.39, 0.29) is 16.7 Å². The van der Waals surface area contributed by atoms with Crippen LogP contribution in [-0.4, -0.2) is 19.1 Å². The summed E-state index contributed by atoms with van der Waals surface area (Å²) in [6, 6.07) is 6.41. The van der Waals surface area contributed by atoms with E-state index in [1.54, 1.807) is 12.1 Å². The molecule has 0 atom stereocenters. The highest BCUT2D eigenvalue weighted by molar-refractivity contribution is 8.00. The van der Waals surface area contributed by atoms with E-state index in [1.165, 1.54) is 17.7 Å². The fourth-order valence-corrected chi connectivity index (χ4v) is 2.05. The molecule has 1 N–H and O–H groups in total. The van der Waals surface area contributed by atoms with Gasteiger partial charge in [0.2, 0.25) is 0 Å². The maximum Gasteiger partial charge on any atom is 0.446 e. The fraction of sp³-hybridized carbons (Fsp3) is 0.385. The van der Waals surface area contributed by atoms with Crippen LogP contribution in [0.25, 0.3) is 6.08 Å². The Morgan fingerprint density at radius 3 is 2.33 bits per heavy atom. The molecular formula is C13H16F3NS. The van der Waals surface area contributed by atoms with Gasteiger partial charge in [-0.25, -0.2) is 0 Å². The molecule has 100 valence electrons. The Morgan fingerprint density at radius 2 is 1.89 bits per heavy atom. The van der Waals surface area contributed by atoms with Crippen molar-refractivity contribution in [2.24, 2.45) is 0 Å². The zero-order valence-corrected chi connectivity index (χ0v) is 11.2. The molecule has 18 heavy (non-hydrogen) atoms. The normalized spacial score (nSPS) is 12.8. The summed E-state index contributed by atoms with van der Waals surface area (Å²) in [5, 5.41) is 3.06. The molecule has 0 aliphatic heterocycles. The lowest BCUT2D eigenvalue weighted by molar-refractivity contribution is -0.0328. The van der Waals surface area contributed by atoms with Crippen molar-refractivity contribution in [2.45, 2.75) is 23.7 Å². The summed E-state index contributed by atoms with van der Waals surface area (Å²) in [7, 11) is 1.87. The average Bonchev–Trinajstić information content (AvgIpc) is 2.29. The number of thioether (sulfide) groups is 1. The van der Waals surface area contributed by atoms with Crippen LogP contribution >= 0.6 is 11.8 Å². The number of benzene rings is 1. The second kappa shape index (κ2) is 6.85. The molecule has 1 aromatic rings. The number of alkyl halides is 3. The molecule has 1 rings (SSSR count). The van der Waals surface area contributed by atoms with Crippen LogP contribution in [0.4, 0.5) is 13.2 Å². The smallest absolute Gasteiger partial charge is 0.316 e. The van der Waals surface area contributed by atoms with E-state index in [2.05, 4.69) is 12.2 Å². The summed E-state index contributed by atoms with van der Waals surface area (Å²) < 4.78 is 36.4. The summed E-state index contributed by atoms with van der Waals surface area (Å²) in [5.41, 5.74) is -2.08. The highest BCUT2D eigenvalue weighted by atomic mass is 32.2. The van der Waals surface area contributed by atoms with Crippen LogP contribution in [0, 0.1) is 0 Å². The van der Waals surface area contributed by atoms with Gasteiger partial charge in [-0.3, -0.25) is 0 Å². The van der Waals surface area contributed by atoms with E-state index < -0.39 is 5.51 Å². The number of likely N-dealkylation sites (N-methyl/N-ethyl adjacent to an activating group) is 1. The summed E-state index contributed by atoms with van der Waals surface area (Å²) >= 11 is -0.0887. The number of hydrogen-bond donors (Lipinski definition) is 1. The second-order valence-corrected chi connectivity index (χ2v) is 4.94. The Kier molecular flexibility index (Phi) is 5.75. The molecule has 0 heterocycles. The maximum absolute atomic E-state index is 12.1. The molecule has 1 nitrogen and oxygen atoms in total. The largest absolute Gasteiger partial charge is 0.446 e. The first kappa shape index (κ1) is 15.1. The van der Waals surface area contributed by atoms with Gasteiger partial charge >= 0.3 is 5.51 Å². The minimum atomic E-state index is -4.22. The van der Waals surface area contributed by atoms with Crippen molar-refractivity contribution in [3.63, 3.8) is 0 Å². The van der Waals surface area contributed by atoms with Gasteiger partial charge in [-0.15, -0.1) is 0 Å². The van der Waals surface area contributed by atoms with Crippen molar-refractivity contribution >= 4 is 17.8 Å². The minimum absolute atomic E-state index is 0.0887. The molecule has 0 saturated heterocycles. The Hall–Kier alpha value is -0.940. The van der Waals surface area contributed by atoms with Gasteiger partial charge in [-0.2, -0.15) is 13.2 Å². The Bertz CT molecular complexity index is 396. The molecule has 0 bridgehead atoms. The van der Waals surface area contributed by atoms with Gasteiger partial charge in [-0.1, -0.05) is 30.7 Å². The van der Waals surface area contributed by atoms with Crippen LogP contribution in [0.2, 0.25) is 0 Å². The predicted octanol–water partition coefficient (Wildman–Crippen LogP) is 4.31. The highest BCUT2D eigenvalue weighted by Gasteiger charge is 2.28. The Labute approximate surface area is 109 Å². The third-order valence-electron chi connectivity index (χ3n) is 2.34. The van der Waals surface area contributed by atoms with E-state index in [0.29, 0.717) is 0 Å². The first-order valence-corrected chi connectivity index (χ1v) is 6.46. The zero-order valence-electron chi connectivity index (χ0n) is 10.3. The van der Waals surface area contributed by atoms with Crippen LogP contribution in [0.5, 0.6) is 0 Å².